The fourth-order valence-corrected chi connectivity index (χ4v) is 4.34. The Morgan fingerprint density at radius 3 is 2.62 bits per heavy atom. The van der Waals surface area contributed by atoms with Crippen molar-refractivity contribution in [3.05, 3.63) is 54.0 Å². The molecule has 0 unspecified atom stereocenters. The predicted octanol–water partition coefficient (Wildman–Crippen LogP) is 4.23. The lowest BCUT2D eigenvalue weighted by atomic mass is 9.94. The Hall–Kier alpha value is -2.60. The fourth-order valence-electron chi connectivity index (χ4n) is 4.34. The molecule has 1 amide bonds. The monoisotopic (exact) mass is 395 g/mol. The second kappa shape index (κ2) is 8.82. The van der Waals surface area contributed by atoms with E-state index in [9.17, 15) is 4.79 Å². The Morgan fingerprint density at radius 2 is 1.97 bits per heavy atom. The highest BCUT2D eigenvalue weighted by atomic mass is 16.5. The minimum atomic E-state index is -0.200. The van der Waals surface area contributed by atoms with Crippen LogP contribution in [0.15, 0.2) is 52.2 Å². The Kier molecular flexibility index (Phi) is 6.00. The Labute approximate surface area is 172 Å². The van der Waals surface area contributed by atoms with E-state index < -0.39 is 0 Å². The number of nitrogens with zero attached hydrogens (tertiary/aromatic N) is 3. The average Bonchev–Trinajstić information content (AvgIpc) is 3.44. The molecule has 1 atom stereocenters. The number of methoxy groups -OCH3 is 1. The van der Waals surface area contributed by atoms with Crippen molar-refractivity contribution >= 4 is 11.6 Å². The van der Waals surface area contributed by atoms with Gasteiger partial charge in [0.15, 0.2) is 0 Å². The molecule has 0 bridgehead atoms. The third kappa shape index (κ3) is 4.37. The Balaban J connectivity index is 1.53. The molecule has 154 valence electrons. The second-order valence-electron chi connectivity index (χ2n) is 7.96. The summed E-state index contributed by atoms with van der Waals surface area (Å²) in [6, 6.07) is 11.9. The molecule has 0 spiro atoms. The van der Waals surface area contributed by atoms with Crippen LogP contribution in [0, 0.1) is 0 Å². The summed E-state index contributed by atoms with van der Waals surface area (Å²) in [5.74, 6) is 1.59. The van der Waals surface area contributed by atoms with Crippen LogP contribution in [0.5, 0.6) is 5.75 Å². The van der Waals surface area contributed by atoms with Crippen molar-refractivity contribution in [1.29, 1.82) is 0 Å². The Morgan fingerprint density at radius 1 is 1.21 bits per heavy atom. The van der Waals surface area contributed by atoms with Gasteiger partial charge in [-0.05, 0) is 61.9 Å². The molecule has 4 rings (SSSR count). The smallest absolute Gasteiger partial charge is 0.257 e. The third-order valence-electron chi connectivity index (χ3n) is 6.04. The van der Waals surface area contributed by atoms with Gasteiger partial charge in [-0.15, -0.1) is 0 Å². The number of ether oxygens (including phenoxy) is 1. The number of hydrogen-bond donors (Lipinski definition) is 0. The molecular weight excluding hydrogens is 366 g/mol. The first-order chi connectivity index (χ1) is 14.2. The SMILES string of the molecule is COc1ccc(C2=NN(C(=O)CN(C)C3CCCCC3)[C@@H](c3ccco3)C2)cc1. The highest BCUT2D eigenvalue weighted by molar-refractivity contribution is 6.03. The number of furan rings is 1. The van der Waals surface area contributed by atoms with Crippen molar-refractivity contribution < 1.29 is 13.9 Å². The van der Waals surface area contributed by atoms with Gasteiger partial charge >= 0.3 is 0 Å². The van der Waals surface area contributed by atoms with Gasteiger partial charge in [-0.2, -0.15) is 5.10 Å². The summed E-state index contributed by atoms with van der Waals surface area (Å²) >= 11 is 0. The van der Waals surface area contributed by atoms with Crippen molar-refractivity contribution in [2.45, 2.75) is 50.6 Å². The maximum atomic E-state index is 13.2. The zero-order valence-electron chi connectivity index (χ0n) is 17.2. The number of likely N-dealkylation sites (N-methyl/N-ethyl adjacent to an activating group) is 1. The molecule has 2 aliphatic rings. The van der Waals surface area contributed by atoms with Crippen LogP contribution in [0.1, 0.15) is 55.9 Å². The molecule has 6 nitrogen and oxygen atoms in total. The first-order valence-electron chi connectivity index (χ1n) is 10.4. The Bertz CT molecular complexity index is 839. The second-order valence-corrected chi connectivity index (χ2v) is 7.96. The molecule has 1 fully saturated rings. The van der Waals surface area contributed by atoms with Gasteiger partial charge in [-0.3, -0.25) is 9.69 Å². The number of amides is 1. The molecule has 29 heavy (non-hydrogen) atoms. The molecule has 6 heteroatoms. The highest BCUT2D eigenvalue weighted by Gasteiger charge is 2.35. The molecule has 0 radical (unpaired) electrons. The van der Waals surface area contributed by atoms with E-state index in [1.807, 2.05) is 36.4 Å². The van der Waals surface area contributed by atoms with Gasteiger partial charge in [0, 0.05) is 12.5 Å². The lowest BCUT2D eigenvalue weighted by Crippen LogP contribution is -2.41. The van der Waals surface area contributed by atoms with Crippen LogP contribution in [-0.4, -0.2) is 48.3 Å². The number of rotatable bonds is 6. The van der Waals surface area contributed by atoms with Gasteiger partial charge in [0.25, 0.3) is 5.91 Å². The fraction of sp³-hybridized carbons (Fsp3) is 0.478. The molecule has 1 saturated carbocycles. The molecule has 1 aliphatic carbocycles. The summed E-state index contributed by atoms with van der Waals surface area (Å²) in [6.07, 6.45) is 8.44. The number of hydrazone groups is 1. The summed E-state index contributed by atoms with van der Waals surface area (Å²) in [5, 5.41) is 6.35. The predicted molar refractivity (Wildman–Crippen MR) is 112 cm³/mol. The average molecular weight is 396 g/mol. The van der Waals surface area contributed by atoms with Crippen molar-refractivity contribution in [2.24, 2.45) is 5.10 Å². The highest BCUT2D eigenvalue weighted by Crippen LogP contribution is 2.33. The van der Waals surface area contributed by atoms with Gasteiger partial charge in [0.05, 0.1) is 25.6 Å². The van der Waals surface area contributed by atoms with Crippen molar-refractivity contribution in [2.75, 3.05) is 20.7 Å². The first kappa shape index (κ1) is 19.7. The largest absolute Gasteiger partial charge is 0.497 e. The van der Waals surface area contributed by atoms with Gasteiger partial charge in [-0.1, -0.05) is 19.3 Å². The summed E-state index contributed by atoms with van der Waals surface area (Å²) in [7, 11) is 3.71. The molecule has 0 N–H and O–H groups in total. The van der Waals surface area contributed by atoms with Crippen LogP contribution in [0.3, 0.4) is 0 Å². The van der Waals surface area contributed by atoms with Crippen LogP contribution in [0.4, 0.5) is 0 Å². The molecule has 0 saturated heterocycles. The number of hydrogen-bond acceptors (Lipinski definition) is 5. The van der Waals surface area contributed by atoms with Gasteiger partial charge in [0.2, 0.25) is 0 Å². The van der Waals surface area contributed by atoms with E-state index in [-0.39, 0.29) is 11.9 Å². The van der Waals surface area contributed by atoms with Crippen LogP contribution < -0.4 is 4.74 Å². The minimum Gasteiger partial charge on any atom is -0.497 e. The van der Waals surface area contributed by atoms with E-state index in [1.54, 1.807) is 18.4 Å². The van der Waals surface area contributed by atoms with Crippen LogP contribution in [0.2, 0.25) is 0 Å². The van der Waals surface area contributed by atoms with Crippen LogP contribution in [-0.2, 0) is 4.79 Å². The standard InChI is InChI=1S/C23H29N3O3/c1-25(18-7-4-3-5-8-18)16-23(27)26-21(22-9-6-14-29-22)15-20(24-26)17-10-12-19(28-2)13-11-17/h6,9-14,18,21H,3-5,7-8,15-16H2,1-2H3/t21-/m1/s1. The minimum absolute atomic E-state index is 0.0167. The topological polar surface area (TPSA) is 58.3 Å². The molecule has 2 aromatic rings. The van der Waals surface area contributed by atoms with Crippen molar-refractivity contribution in [3.8, 4) is 5.75 Å². The maximum Gasteiger partial charge on any atom is 0.257 e. The first-order valence-corrected chi connectivity index (χ1v) is 10.4. The molecule has 1 aliphatic heterocycles. The summed E-state index contributed by atoms with van der Waals surface area (Å²) in [4.78, 5) is 15.4. The van der Waals surface area contributed by atoms with Gasteiger partial charge in [0.1, 0.15) is 17.6 Å². The van der Waals surface area contributed by atoms with E-state index in [4.69, 9.17) is 14.3 Å². The van der Waals surface area contributed by atoms with E-state index >= 15 is 0 Å². The zero-order chi connectivity index (χ0) is 20.2. The van der Waals surface area contributed by atoms with Crippen molar-refractivity contribution in [1.82, 2.24) is 9.91 Å². The number of benzene rings is 1. The number of carbonyl (C=O) groups excluding carboxylic acids is 1. The molecular formula is C23H29N3O3. The van der Waals surface area contributed by atoms with E-state index in [0.717, 1.165) is 22.8 Å². The van der Waals surface area contributed by atoms with Crippen molar-refractivity contribution in [3.63, 3.8) is 0 Å². The summed E-state index contributed by atoms with van der Waals surface area (Å²) < 4.78 is 10.9. The quantitative estimate of drug-likeness (QED) is 0.734. The molecule has 1 aromatic heterocycles. The van der Waals surface area contributed by atoms with Gasteiger partial charge < -0.3 is 9.15 Å². The van der Waals surface area contributed by atoms with Crippen LogP contribution >= 0.6 is 0 Å². The summed E-state index contributed by atoms with van der Waals surface area (Å²) in [5.41, 5.74) is 1.89. The normalized spacial score (nSPS) is 20.2. The van der Waals surface area contributed by atoms with E-state index in [1.165, 1.54) is 32.1 Å². The van der Waals surface area contributed by atoms with E-state index in [2.05, 4.69) is 11.9 Å². The molecule has 2 heterocycles. The third-order valence-corrected chi connectivity index (χ3v) is 6.04. The maximum absolute atomic E-state index is 13.2. The molecule has 1 aromatic carbocycles. The number of carbonyl (C=O) groups is 1. The zero-order valence-corrected chi connectivity index (χ0v) is 17.2. The lowest BCUT2D eigenvalue weighted by Gasteiger charge is -2.32. The summed E-state index contributed by atoms with van der Waals surface area (Å²) in [6.45, 7) is 0.376. The lowest BCUT2D eigenvalue weighted by molar-refractivity contribution is -0.135. The van der Waals surface area contributed by atoms with E-state index in [0.29, 0.717) is 19.0 Å². The van der Waals surface area contributed by atoms with Crippen LogP contribution in [0.25, 0.3) is 0 Å². The van der Waals surface area contributed by atoms with Gasteiger partial charge in [-0.25, -0.2) is 5.01 Å².